The van der Waals surface area contributed by atoms with Gasteiger partial charge in [0.1, 0.15) is 5.75 Å². The Morgan fingerprint density at radius 3 is 2.46 bits per heavy atom. The number of hydrogen-bond donors (Lipinski definition) is 2. The SMILES string of the molecule is Cc1cc(C)c(S(=O)(=O)Nc2ccc(Oc3ccc(C(=O)NC[C@H]4CCCO4)cn3)cc2)cc1C. The Hall–Kier alpha value is -3.43. The lowest BCUT2D eigenvalue weighted by atomic mass is 10.1. The van der Waals surface area contributed by atoms with Crippen molar-refractivity contribution in [1.29, 1.82) is 0 Å². The third kappa shape index (κ3) is 6.17. The number of anilines is 1. The number of carbonyl (C=O) groups excluding carboxylic acids is 1. The van der Waals surface area contributed by atoms with E-state index in [-0.39, 0.29) is 16.9 Å². The van der Waals surface area contributed by atoms with Crippen molar-refractivity contribution in [1.82, 2.24) is 10.3 Å². The maximum Gasteiger partial charge on any atom is 0.262 e. The zero-order chi connectivity index (χ0) is 25.0. The van der Waals surface area contributed by atoms with Gasteiger partial charge >= 0.3 is 0 Å². The minimum Gasteiger partial charge on any atom is -0.439 e. The molecular weight excluding hydrogens is 466 g/mol. The lowest BCUT2D eigenvalue weighted by Crippen LogP contribution is -2.31. The van der Waals surface area contributed by atoms with Crippen LogP contribution in [0.3, 0.4) is 0 Å². The molecule has 1 fully saturated rings. The molecule has 0 radical (unpaired) electrons. The zero-order valence-electron chi connectivity index (χ0n) is 20.0. The van der Waals surface area contributed by atoms with E-state index in [1.807, 2.05) is 19.9 Å². The largest absolute Gasteiger partial charge is 0.439 e. The molecule has 0 aliphatic carbocycles. The topological polar surface area (TPSA) is 107 Å². The summed E-state index contributed by atoms with van der Waals surface area (Å²) in [7, 11) is -3.73. The molecule has 0 unspecified atom stereocenters. The molecule has 1 aliphatic heterocycles. The van der Waals surface area contributed by atoms with Gasteiger partial charge in [0.05, 0.1) is 16.6 Å². The zero-order valence-corrected chi connectivity index (χ0v) is 20.8. The molecule has 184 valence electrons. The van der Waals surface area contributed by atoms with Crippen LogP contribution >= 0.6 is 0 Å². The lowest BCUT2D eigenvalue weighted by Gasteiger charge is -2.13. The summed E-state index contributed by atoms with van der Waals surface area (Å²) in [5, 5.41) is 2.85. The van der Waals surface area contributed by atoms with Crippen molar-refractivity contribution in [3.05, 3.63) is 77.0 Å². The number of sulfonamides is 1. The molecule has 35 heavy (non-hydrogen) atoms. The fourth-order valence-corrected chi connectivity index (χ4v) is 5.21. The monoisotopic (exact) mass is 495 g/mol. The smallest absolute Gasteiger partial charge is 0.262 e. The Balaban J connectivity index is 1.36. The van der Waals surface area contributed by atoms with Crippen molar-refractivity contribution in [3.63, 3.8) is 0 Å². The van der Waals surface area contributed by atoms with E-state index < -0.39 is 10.0 Å². The van der Waals surface area contributed by atoms with Crippen LogP contribution < -0.4 is 14.8 Å². The number of ether oxygens (including phenoxy) is 2. The average Bonchev–Trinajstić information content (AvgIpc) is 3.35. The molecule has 0 bridgehead atoms. The van der Waals surface area contributed by atoms with Crippen LogP contribution in [0.1, 0.15) is 39.9 Å². The molecule has 8 nitrogen and oxygen atoms in total. The first-order chi connectivity index (χ1) is 16.7. The van der Waals surface area contributed by atoms with E-state index >= 15 is 0 Å². The molecule has 2 heterocycles. The fourth-order valence-electron chi connectivity index (χ4n) is 3.83. The Bertz CT molecular complexity index is 1300. The van der Waals surface area contributed by atoms with E-state index in [1.54, 1.807) is 49.4 Å². The molecule has 0 spiro atoms. The molecule has 1 atom stereocenters. The first-order valence-electron chi connectivity index (χ1n) is 11.5. The Labute approximate surface area is 205 Å². The van der Waals surface area contributed by atoms with Gasteiger partial charge in [-0.2, -0.15) is 0 Å². The van der Waals surface area contributed by atoms with Crippen LogP contribution in [0.2, 0.25) is 0 Å². The molecule has 3 aromatic rings. The van der Waals surface area contributed by atoms with Crippen LogP contribution in [-0.4, -0.2) is 38.6 Å². The van der Waals surface area contributed by atoms with Crippen molar-refractivity contribution in [3.8, 4) is 11.6 Å². The highest BCUT2D eigenvalue weighted by Crippen LogP contribution is 2.25. The van der Waals surface area contributed by atoms with Crippen molar-refractivity contribution >= 4 is 21.6 Å². The van der Waals surface area contributed by atoms with Gasteiger partial charge in [-0.3, -0.25) is 9.52 Å². The summed E-state index contributed by atoms with van der Waals surface area (Å²) in [5.74, 6) is 0.591. The quantitative estimate of drug-likeness (QED) is 0.476. The van der Waals surface area contributed by atoms with Crippen molar-refractivity contribution in [2.75, 3.05) is 17.9 Å². The minimum absolute atomic E-state index is 0.0759. The van der Waals surface area contributed by atoms with Gasteiger partial charge in [0.15, 0.2) is 0 Å². The van der Waals surface area contributed by atoms with E-state index in [0.29, 0.717) is 35.0 Å². The van der Waals surface area contributed by atoms with Gasteiger partial charge in [-0.25, -0.2) is 13.4 Å². The number of benzene rings is 2. The summed E-state index contributed by atoms with van der Waals surface area (Å²) in [6.07, 6.45) is 3.50. The third-order valence-electron chi connectivity index (χ3n) is 5.92. The number of aryl methyl sites for hydroxylation is 3. The van der Waals surface area contributed by atoms with Gasteiger partial charge in [0, 0.05) is 31.1 Å². The molecule has 1 amide bonds. The first kappa shape index (κ1) is 24.7. The molecular formula is C26H29N3O5S. The second kappa shape index (κ2) is 10.5. The highest BCUT2D eigenvalue weighted by Gasteiger charge is 2.19. The van der Waals surface area contributed by atoms with E-state index in [9.17, 15) is 13.2 Å². The number of amides is 1. The van der Waals surface area contributed by atoms with Crippen molar-refractivity contribution in [2.24, 2.45) is 0 Å². The van der Waals surface area contributed by atoms with Crippen LogP contribution in [0.4, 0.5) is 5.69 Å². The number of hydrogen-bond acceptors (Lipinski definition) is 6. The van der Waals surface area contributed by atoms with Gasteiger partial charge < -0.3 is 14.8 Å². The van der Waals surface area contributed by atoms with Gasteiger partial charge in [0.2, 0.25) is 5.88 Å². The maximum absolute atomic E-state index is 12.9. The molecule has 2 aromatic carbocycles. The van der Waals surface area contributed by atoms with E-state index in [2.05, 4.69) is 15.0 Å². The normalized spacial score (nSPS) is 15.6. The number of nitrogens with one attached hydrogen (secondary N) is 2. The third-order valence-corrected chi connectivity index (χ3v) is 7.45. The number of rotatable bonds is 8. The van der Waals surface area contributed by atoms with Crippen molar-refractivity contribution < 1.29 is 22.7 Å². The number of carbonyl (C=O) groups is 1. The Kier molecular flexibility index (Phi) is 7.37. The van der Waals surface area contributed by atoms with Crippen LogP contribution in [0.5, 0.6) is 11.6 Å². The van der Waals surface area contributed by atoms with Crippen LogP contribution in [-0.2, 0) is 14.8 Å². The van der Waals surface area contributed by atoms with Gasteiger partial charge in [-0.1, -0.05) is 6.07 Å². The maximum atomic E-state index is 12.9. The van der Waals surface area contributed by atoms with Crippen LogP contribution in [0.25, 0.3) is 0 Å². The van der Waals surface area contributed by atoms with Gasteiger partial charge in [-0.15, -0.1) is 0 Å². The predicted octanol–water partition coefficient (Wildman–Crippen LogP) is 4.51. The lowest BCUT2D eigenvalue weighted by molar-refractivity contribution is 0.0857. The fraction of sp³-hybridized carbons (Fsp3) is 0.308. The number of pyridine rings is 1. The molecule has 9 heteroatoms. The minimum atomic E-state index is -3.73. The summed E-state index contributed by atoms with van der Waals surface area (Å²) >= 11 is 0. The molecule has 1 aromatic heterocycles. The molecule has 0 saturated carbocycles. The van der Waals surface area contributed by atoms with Crippen LogP contribution in [0, 0.1) is 20.8 Å². The highest BCUT2D eigenvalue weighted by atomic mass is 32.2. The van der Waals surface area contributed by atoms with Crippen molar-refractivity contribution in [2.45, 2.75) is 44.6 Å². The molecule has 1 saturated heterocycles. The standard InChI is InChI=1S/C26H29N3O5S/c1-17-13-19(3)24(14-18(17)2)35(31,32)29-21-7-9-22(10-8-21)34-25-11-6-20(15-27-25)26(30)28-16-23-5-4-12-33-23/h6-11,13-15,23,29H,4-5,12,16H2,1-3H3,(H,28,30)/t23-/m1/s1. The molecule has 4 rings (SSSR count). The van der Waals surface area contributed by atoms with Crippen LogP contribution in [0.15, 0.2) is 59.6 Å². The number of aromatic nitrogens is 1. The molecule has 2 N–H and O–H groups in total. The average molecular weight is 496 g/mol. The highest BCUT2D eigenvalue weighted by molar-refractivity contribution is 7.92. The summed E-state index contributed by atoms with van der Waals surface area (Å²) in [6.45, 7) is 6.85. The Morgan fingerprint density at radius 2 is 1.80 bits per heavy atom. The predicted molar refractivity (Wildman–Crippen MR) is 134 cm³/mol. The summed E-state index contributed by atoms with van der Waals surface area (Å²) in [5.41, 5.74) is 3.50. The summed E-state index contributed by atoms with van der Waals surface area (Å²) < 4.78 is 39.6. The molecule has 1 aliphatic rings. The number of nitrogens with zero attached hydrogens (tertiary/aromatic N) is 1. The van der Waals surface area contributed by atoms with Gasteiger partial charge in [-0.05, 0) is 86.7 Å². The summed E-state index contributed by atoms with van der Waals surface area (Å²) in [4.78, 5) is 16.7. The first-order valence-corrected chi connectivity index (χ1v) is 12.9. The second-order valence-electron chi connectivity index (χ2n) is 8.66. The summed E-state index contributed by atoms with van der Waals surface area (Å²) in [6, 6.07) is 13.3. The van der Waals surface area contributed by atoms with E-state index in [1.165, 1.54) is 6.20 Å². The van der Waals surface area contributed by atoms with E-state index in [4.69, 9.17) is 9.47 Å². The van der Waals surface area contributed by atoms with Gasteiger partial charge in [0.25, 0.3) is 15.9 Å². The van der Waals surface area contributed by atoms with E-state index in [0.717, 1.165) is 30.6 Å². The Morgan fingerprint density at radius 1 is 1.06 bits per heavy atom. The second-order valence-corrected chi connectivity index (χ2v) is 10.3.